The maximum Gasteiger partial charge on any atom is 0.220 e. The molecule has 1 aromatic carbocycles. The second-order valence-corrected chi connectivity index (χ2v) is 5.57. The summed E-state index contributed by atoms with van der Waals surface area (Å²) in [5, 5.41) is 3.17. The van der Waals surface area contributed by atoms with Crippen molar-refractivity contribution in [3.8, 4) is 0 Å². The zero-order valence-corrected chi connectivity index (χ0v) is 12.0. The van der Waals surface area contributed by atoms with Gasteiger partial charge in [0.1, 0.15) is 0 Å². The molecule has 0 aliphatic heterocycles. The Bertz CT molecular complexity index is 390. The van der Waals surface area contributed by atoms with E-state index in [-0.39, 0.29) is 5.91 Å². The zero-order chi connectivity index (χ0) is 13.5. The SMILES string of the molecule is CCc1ccc(CCC(=O)NC2CCCCC2)cc1. The van der Waals surface area contributed by atoms with Crippen LogP contribution in [-0.4, -0.2) is 11.9 Å². The molecule has 19 heavy (non-hydrogen) atoms. The van der Waals surface area contributed by atoms with Crippen molar-refractivity contribution in [1.29, 1.82) is 0 Å². The van der Waals surface area contributed by atoms with Crippen molar-refractivity contribution >= 4 is 5.91 Å². The number of nitrogens with one attached hydrogen (secondary N) is 1. The van der Waals surface area contributed by atoms with Crippen molar-refractivity contribution in [2.45, 2.75) is 64.3 Å². The lowest BCUT2D eigenvalue weighted by Gasteiger charge is -2.22. The summed E-state index contributed by atoms with van der Waals surface area (Å²) < 4.78 is 0. The molecule has 0 aromatic heterocycles. The maximum absolute atomic E-state index is 11.9. The van der Waals surface area contributed by atoms with Gasteiger partial charge in [0, 0.05) is 12.5 Å². The lowest BCUT2D eigenvalue weighted by Crippen LogP contribution is -2.36. The van der Waals surface area contributed by atoms with E-state index in [1.807, 2.05) is 0 Å². The number of carbonyl (C=O) groups excluding carboxylic acids is 1. The van der Waals surface area contributed by atoms with E-state index in [9.17, 15) is 4.79 Å². The van der Waals surface area contributed by atoms with Crippen LogP contribution in [-0.2, 0) is 17.6 Å². The Hall–Kier alpha value is -1.31. The molecule has 1 aliphatic carbocycles. The molecule has 1 N–H and O–H groups in total. The normalized spacial score (nSPS) is 16.3. The largest absolute Gasteiger partial charge is 0.353 e. The number of aryl methyl sites for hydroxylation is 2. The highest BCUT2D eigenvalue weighted by Gasteiger charge is 2.15. The summed E-state index contributed by atoms with van der Waals surface area (Å²) in [7, 11) is 0. The van der Waals surface area contributed by atoms with Gasteiger partial charge in [-0.2, -0.15) is 0 Å². The first-order valence-electron chi connectivity index (χ1n) is 7.65. The predicted molar refractivity (Wildman–Crippen MR) is 79.2 cm³/mol. The number of carbonyl (C=O) groups is 1. The van der Waals surface area contributed by atoms with E-state index in [2.05, 4.69) is 36.5 Å². The van der Waals surface area contributed by atoms with Crippen LogP contribution in [0, 0.1) is 0 Å². The first kappa shape index (κ1) is 14.1. The highest BCUT2D eigenvalue weighted by Crippen LogP contribution is 2.17. The van der Waals surface area contributed by atoms with E-state index in [0.717, 1.165) is 25.7 Å². The summed E-state index contributed by atoms with van der Waals surface area (Å²) in [6.07, 6.45) is 8.73. The molecule has 0 bridgehead atoms. The van der Waals surface area contributed by atoms with Crippen molar-refractivity contribution in [2.24, 2.45) is 0 Å². The summed E-state index contributed by atoms with van der Waals surface area (Å²) in [5.74, 6) is 0.214. The van der Waals surface area contributed by atoms with Crippen molar-refractivity contribution in [3.63, 3.8) is 0 Å². The molecule has 2 rings (SSSR count). The molecule has 0 spiro atoms. The minimum atomic E-state index is 0.214. The highest BCUT2D eigenvalue weighted by atomic mass is 16.1. The molecule has 2 heteroatoms. The molecule has 0 heterocycles. The molecule has 0 unspecified atom stereocenters. The molecule has 1 amide bonds. The van der Waals surface area contributed by atoms with Gasteiger partial charge in [0.15, 0.2) is 0 Å². The average molecular weight is 259 g/mol. The summed E-state index contributed by atoms with van der Waals surface area (Å²) in [5.41, 5.74) is 2.62. The van der Waals surface area contributed by atoms with Crippen LogP contribution in [0.2, 0.25) is 0 Å². The smallest absolute Gasteiger partial charge is 0.220 e. The topological polar surface area (TPSA) is 29.1 Å². The summed E-state index contributed by atoms with van der Waals surface area (Å²) >= 11 is 0. The zero-order valence-electron chi connectivity index (χ0n) is 12.0. The van der Waals surface area contributed by atoms with E-state index in [4.69, 9.17) is 0 Å². The minimum absolute atomic E-state index is 0.214. The van der Waals surface area contributed by atoms with Crippen LogP contribution < -0.4 is 5.32 Å². The summed E-state index contributed by atoms with van der Waals surface area (Å²) in [6, 6.07) is 9.05. The van der Waals surface area contributed by atoms with Crippen molar-refractivity contribution in [1.82, 2.24) is 5.32 Å². The summed E-state index contributed by atoms with van der Waals surface area (Å²) in [4.78, 5) is 11.9. The third kappa shape index (κ3) is 4.70. The lowest BCUT2D eigenvalue weighted by atomic mass is 9.95. The second-order valence-electron chi connectivity index (χ2n) is 5.57. The van der Waals surface area contributed by atoms with Gasteiger partial charge in [0.2, 0.25) is 5.91 Å². The standard InChI is InChI=1S/C17H25NO/c1-2-14-8-10-15(11-9-14)12-13-17(19)18-16-6-4-3-5-7-16/h8-11,16H,2-7,12-13H2,1H3,(H,18,19). The number of benzene rings is 1. The Balaban J connectivity index is 1.72. The van der Waals surface area contributed by atoms with Gasteiger partial charge in [-0.05, 0) is 36.8 Å². The quantitative estimate of drug-likeness (QED) is 0.859. The van der Waals surface area contributed by atoms with Gasteiger partial charge in [-0.3, -0.25) is 4.79 Å². The van der Waals surface area contributed by atoms with Crippen LogP contribution >= 0.6 is 0 Å². The van der Waals surface area contributed by atoms with E-state index in [1.165, 1.54) is 30.4 Å². The number of rotatable bonds is 5. The van der Waals surface area contributed by atoms with Gasteiger partial charge in [0.25, 0.3) is 0 Å². The minimum Gasteiger partial charge on any atom is -0.353 e. The number of hydrogen-bond acceptors (Lipinski definition) is 1. The molecule has 1 saturated carbocycles. The van der Waals surface area contributed by atoms with E-state index in [1.54, 1.807) is 0 Å². The average Bonchev–Trinajstić information content (AvgIpc) is 2.47. The Morgan fingerprint density at radius 3 is 2.37 bits per heavy atom. The van der Waals surface area contributed by atoms with Crippen molar-refractivity contribution in [2.75, 3.05) is 0 Å². The van der Waals surface area contributed by atoms with Gasteiger partial charge in [-0.15, -0.1) is 0 Å². The molecular formula is C17H25NO. The molecule has 0 saturated heterocycles. The molecule has 1 fully saturated rings. The van der Waals surface area contributed by atoms with Crippen LogP contribution in [0.25, 0.3) is 0 Å². The fraction of sp³-hybridized carbons (Fsp3) is 0.588. The lowest BCUT2D eigenvalue weighted by molar-refractivity contribution is -0.121. The molecule has 1 aromatic rings. The molecule has 0 atom stereocenters. The van der Waals surface area contributed by atoms with Gasteiger partial charge in [0.05, 0.1) is 0 Å². The maximum atomic E-state index is 11.9. The number of amides is 1. The van der Waals surface area contributed by atoms with Gasteiger partial charge in [-0.1, -0.05) is 50.5 Å². The van der Waals surface area contributed by atoms with Crippen LogP contribution in [0.1, 0.15) is 56.6 Å². The molecule has 2 nitrogen and oxygen atoms in total. The van der Waals surface area contributed by atoms with Crippen LogP contribution in [0.4, 0.5) is 0 Å². The third-order valence-corrected chi connectivity index (χ3v) is 4.04. The highest BCUT2D eigenvalue weighted by molar-refractivity contribution is 5.76. The van der Waals surface area contributed by atoms with Gasteiger partial charge in [-0.25, -0.2) is 0 Å². The van der Waals surface area contributed by atoms with E-state index >= 15 is 0 Å². The Morgan fingerprint density at radius 2 is 1.74 bits per heavy atom. The Kier molecular flexibility index (Phi) is 5.44. The van der Waals surface area contributed by atoms with E-state index in [0.29, 0.717) is 12.5 Å². The number of hydrogen-bond donors (Lipinski definition) is 1. The Morgan fingerprint density at radius 1 is 1.11 bits per heavy atom. The fourth-order valence-corrected chi connectivity index (χ4v) is 2.75. The van der Waals surface area contributed by atoms with Crippen LogP contribution in [0.3, 0.4) is 0 Å². The van der Waals surface area contributed by atoms with Gasteiger partial charge >= 0.3 is 0 Å². The van der Waals surface area contributed by atoms with E-state index < -0.39 is 0 Å². The summed E-state index contributed by atoms with van der Waals surface area (Å²) in [6.45, 7) is 2.16. The first-order valence-corrected chi connectivity index (χ1v) is 7.65. The molecule has 104 valence electrons. The second kappa shape index (κ2) is 7.32. The Labute approximate surface area is 116 Å². The van der Waals surface area contributed by atoms with Crippen molar-refractivity contribution < 1.29 is 4.79 Å². The monoisotopic (exact) mass is 259 g/mol. The molecule has 1 aliphatic rings. The molecule has 0 radical (unpaired) electrons. The van der Waals surface area contributed by atoms with Crippen LogP contribution in [0.15, 0.2) is 24.3 Å². The van der Waals surface area contributed by atoms with Gasteiger partial charge < -0.3 is 5.32 Å². The third-order valence-electron chi connectivity index (χ3n) is 4.04. The molecular weight excluding hydrogens is 234 g/mol. The first-order chi connectivity index (χ1) is 9.28. The van der Waals surface area contributed by atoms with Crippen molar-refractivity contribution in [3.05, 3.63) is 35.4 Å². The fourth-order valence-electron chi connectivity index (χ4n) is 2.75. The van der Waals surface area contributed by atoms with Crippen LogP contribution in [0.5, 0.6) is 0 Å². The predicted octanol–water partition coefficient (Wildman–Crippen LogP) is 3.63.